The molecule has 0 spiro atoms. The summed E-state index contributed by atoms with van der Waals surface area (Å²) in [5.41, 5.74) is 9.50. The van der Waals surface area contributed by atoms with E-state index in [4.69, 9.17) is 0 Å². The second kappa shape index (κ2) is 10.0. The van der Waals surface area contributed by atoms with Gasteiger partial charge in [-0.05, 0) is 64.7 Å². The van der Waals surface area contributed by atoms with E-state index in [0.29, 0.717) is 6.67 Å². The summed E-state index contributed by atoms with van der Waals surface area (Å²) in [6.45, 7) is 0.541. The maximum Gasteiger partial charge on any atom is 0.136 e. The van der Waals surface area contributed by atoms with Crippen LogP contribution in [0.2, 0.25) is 0 Å². The third-order valence-electron chi connectivity index (χ3n) is 8.56. The van der Waals surface area contributed by atoms with Gasteiger partial charge in [0.25, 0.3) is 0 Å². The van der Waals surface area contributed by atoms with Gasteiger partial charge in [-0.2, -0.15) is 0 Å². The Morgan fingerprint density at radius 3 is 2.11 bits per heavy atom. The predicted octanol–water partition coefficient (Wildman–Crippen LogP) is 9.82. The van der Waals surface area contributed by atoms with Gasteiger partial charge in [-0.15, -0.1) is 11.3 Å². The molecule has 0 saturated carbocycles. The topological polar surface area (TPSA) is 41.7 Å². The smallest absolute Gasteiger partial charge is 0.136 e. The zero-order valence-corrected chi connectivity index (χ0v) is 24.6. The maximum atomic E-state index is 4.50. The summed E-state index contributed by atoms with van der Waals surface area (Å²) in [5.74, 6) is 0.850. The molecule has 1 aliphatic rings. The number of benzene rings is 6. The SMILES string of the molecule is C1=NCNC(c2ccc3c4c5sc6ccc(-c7cccc(-c8ccccc8)c7)cc6c5ccc4n(-c4ccccc4)c3c2)=N1. The number of aromatic nitrogens is 1. The third kappa shape index (κ3) is 3.98. The van der Waals surface area contributed by atoms with Crippen molar-refractivity contribution in [1.29, 1.82) is 0 Å². The minimum atomic E-state index is 0.541. The quantitative estimate of drug-likeness (QED) is 0.220. The first-order chi connectivity index (χ1) is 21.8. The molecule has 0 atom stereocenters. The van der Waals surface area contributed by atoms with Crippen molar-refractivity contribution in [3.63, 3.8) is 0 Å². The van der Waals surface area contributed by atoms with Crippen molar-refractivity contribution in [3.05, 3.63) is 139 Å². The lowest BCUT2D eigenvalue weighted by atomic mass is 9.98. The summed E-state index contributed by atoms with van der Waals surface area (Å²) in [6, 6.07) is 48.3. The number of thiophene rings is 1. The molecular formula is C39H26N4S. The van der Waals surface area contributed by atoms with E-state index in [1.807, 2.05) is 11.3 Å². The summed E-state index contributed by atoms with van der Waals surface area (Å²) in [7, 11) is 0. The van der Waals surface area contributed by atoms with E-state index in [1.165, 1.54) is 64.2 Å². The Kier molecular flexibility index (Phi) is 5.71. The second-order valence-corrected chi connectivity index (χ2v) is 12.2. The van der Waals surface area contributed by atoms with E-state index in [2.05, 4.69) is 153 Å². The molecule has 1 N–H and O–H groups in total. The van der Waals surface area contributed by atoms with Gasteiger partial charge in [0.15, 0.2) is 0 Å². The van der Waals surface area contributed by atoms with Crippen LogP contribution in [-0.4, -0.2) is 23.4 Å². The van der Waals surface area contributed by atoms with E-state index >= 15 is 0 Å². The Hall–Kier alpha value is -5.52. The van der Waals surface area contributed by atoms with Gasteiger partial charge < -0.3 is 9.88 Å². The van der Waals surface area contributed by atoms with Crippen molar-refractivity contribution in [2.45, 2.75) is 0 Å². The Morgan fingerprint density at radius 2 is 1.30 bits per heavy atom. The van der Waals surface area contributed by atoms with Crippen LogP contribution in [0, 0.1) is 0 Å². The summed E-state index contributed by atoms with van der Waals surface area (Å²) in [6.07, 6.45) is 1.63. The monoisotopic (exact) mass is 582 g/mol. The van der Waals surface area contributed by atoms with Crippen LogP contribution < -0.4 is 5.32 Å². The minimum Gasteiger partial charge on any atom is -0.350 e. The average Bonchev–Trinajstić information content (AvgIpc) is 3.64. The van der Waals surface area contributed by atoms with Crippen molar-refractivity contribution in [2.75, 3.05) is 6.67 Å². The highest BCUT2D eigenvalue weighted by Gasteiger charge is 2.19. The summed E-state index contributed by atoms with van der Waals surface area (Å²) >= 11 is 1.88. The predicted molar refractivity (Wildman–Crippen MR) is 188 cm³/mol. The van der Waals surface area contributed by atoms with Crippen molar-refractivity contribution in [2.24, 2.45) is 9.98 Å². The van der Waals surface area contributed by atoms with Gasteiger partial charge in [0.1, 0.15) is 18.8 Å². The van der Waals surface area contributed by atoms with Gasteiger partial charge in [0, 0.05) is 42.2 Å². The van der Waals surface area contributed by atoms with Crippen molar-refractivity contribution in [3.8, 4) is 27.9 Å². The third-order valence-corrected chi connectivity index (χ3v) is 9.77. The Balaban J connectivity index is 1.27. The number of fused-ring (bicyclic) bond motifs is 7. The highest BCUT2D eigenvalue weighted by Crippen LogP contribution is 2.44. The fourth-order valence-corrected chi connectivity index (χ4v) is 7.75. The molecule has 208 valence electrons. The molecule has 0 bridgehead atoms. The highest BCUT2D eigenvalue weighted by atomic mass is 32.1. The number of rotatable bonds is 4. The van der Waals surface area contributed by atoms with Gasteiger partial charge in [-0.3, -0.25) is 4.99 Å². The molecule has 0 amide bonds. The molecular weight excluding hydrogens is 557 g/mol. The van der Waals surface area contributed by atoms with Gasteiger partial charge in [0.2, 0.25) is 0 Å². The van der Waals surface area contributed by atoms with Crippen molar-refractivity contribution in [1.82, 2.24) is 9.88 Å². The fourth-order valence-electron chi connectivity index (χ4n) is 6.51. The molecule has 2 aromatic heterocycles. The number of nitrogens with one attached hydrogen (secondary N) is 1. The Morgan fingerprint density at radius 1 is 0.568 bits per heavy atom. The first-order valence-corrected chi connectivity index (χ1v) is 15.6. The lowest BCUT2D eigenvalue weighted by molar-refractivity contribution is 0.915. The van der Waals surface area contributed by atoms with Crippen LogP contribution in [0.5, 0.6) is 0 Å². The Bertz CT molecular complexity index is 2430. The number of hydrogen-bond acceptors (Lipinski definition) is 4. The van der Waals surface area contributed by atoms with Crippen LogP contribution in [0.3, 0.4) is 0 Å². The molecule has 0 aliphatic carbocycles. The molecule has 3 heterocycles. The highest BCUT2D eigenvalue weighted by molar-refractivity contribution is 7.26. The summed E-state index contributed by atoms with van der Waals surface area (Å²) in [5, 5.41) is 8.45. The lowest BCUT2D eigenvalue weighted by Gasteiger charge is -2.12. The van der Waals surface area contributed by atoms with E-state index in [1.54, 1.807) is 6.34 Å². The van der Waals surface area contributed by atoms with Gasteiger partial charge in [0.05, 0.1) is 11.0 Å². The molecule has 6 aromatic carbocycles. The molecule has 0 saturated heterocycles. The molecule has 9 rings (SSSR count). The molecule has 8 aromatic rings. The van der Waals surface area contributed by atoms with Crippen LogP contribution in [0.1, 0.15) is 5.56 Å². The second-order valence-electron chi connectivity index (χ2n) is 11.1. The molecule has 0 fully saturated rings. The summed E-state index contributed by atoms with van der Waals surface area (Å²) < 4.78 is 5.00. The van der Waals surface area contributed by atoms with Crippen LogP contribution in [-0.2, 0) is 0 Å². The van der Waals surface area contributed by atoms with Gasteiger partial charge >= 0.3 is 0 Å². The zero-order chi connectivity index (χ0) is 29.0. The number of hydrogen-bond donors (Lipinski definition) is 1. The number of nitrogens with zero attached hydrogens (tertiary/aromatic N) is 3. The fraction of sp³-hybridized carbons (Fsp3) is 0.0256. The van der Waals surface area contributed by atoms with Crippen LogP contribution in [0.15, 0.2) is 143 Å². The maximum absolute atomic E-state index is 4.50. The lowest BCUT2D eigenvalue weighted by Crippen LogP contribution is -2.27. The van der Waals surface area contributed by atoms with E-state index < -0.39 is 0 Å². The van der Waals surface area contributed by atoms with Gasteiger partial charge in [-0.1, -0.05) is 91.0 Å². The molecule has 1 aliphatic heterocycles. The average molecular weight is 583 g/mol. The van der Waals surface area contributed by atoms with Crippen LogP contribution in [0.4, 0.5) is 0 Å². The zero-order valence-electron chi connectivity index (χ0n) is 23.7. The normalized spacial score (nSPS) is 13.1. The first-order valence-electron chi connectivity index (χ1n) is 14.8. The number of para-hydroxylation sites is 1. The summed E-state index contributed by atoms with van der Waals surface area (Å²) in [4.78, 5) is 8.69. The van der Waals surface area contributed by atoms with E-state index in [-0.39, 0.29) is 0 Å². The molecule has 4 nitrogen and oxygen atoms in total. The number of aliphatic imine (C=N–C) groups is 2. The molecule has 0 radical (unpaired) electrons. The van der Waals surface area contributed by atoms with E-state index in [9.17, 15) is 0 Å². The molecule has 5 heteroatoms. The van der Waals surface area contributed by atoms with Crippen LogP contribution in [0.25, 0.3) is 69.9 Å². The van der Waals surface area contributed by atoms with Crippen molar-refractivity contribution < 1.29 is 0 Å². The van der Waals surface area contributed by atoms with Crippen LogP contribution >= 0.6 is 11.3 Å². The first kappa shape index (κ1) is 25.0. The Labute approximate surface area is 258 Å². The van der Waals surface area contributed by atoms with Crippen molar-refractivity contribution >= 4 is 65.5 Å². The standard InChI is InChI=1S/C39H26N4S/c1-3-8-25(9-4-1)26-10-7-11-27(20-26)28-15-19-36-33(21-28)31-17-18-34-37(38(31)44-36)32-16-14-29(39-41-23-40-24-42-39)22-35(32)43(34)30-12-5-2-6-13-30/h1-23H,24H2,(H,40,41,42). The van der Waals surface area contributed by atoms with E-state index in [0.717, 1.165) is 17.1 Å². The largest absolute Gasteiger partial charge is 0.350 e. The molecule has 0 unspecified atom stereocenters. The van der Waals surface area contributed by atoms with Gasteiger partial charge in [-0.25, -0.2) is 4.99 Å². The minimum absolute atomic E-state index is 0.541. The molecule has 44 heavy (non-hydrogen) atoms. The number of amidine groups is 1.